The van der Waals surface area contributed by atoms with Gasteiger partial charge in [-0.3, -0.25) is 5.10 Å². The lowest BCUT2D eigenvalue weighted by Crippen LogP contribution is -2.21. The van der Waals surface area contributed by atoms with Gasteiger partial charge in [-0.05, 0) is 24.3 Å². The molecule has 0 spiro atoms. The van der Waals surface area contributed by atoms with Gasteiger partial charge in [0.2, 0.25) is 0 Å². The van der Waals surface area contributed by atoms with Gasteiger partial charge >= 0.3 is 18.1 Å². The Kier molecular flexibility index (Phi) is 7.91. The number of halogens is 3. The number of aromatic nitrogens is 2. The lowest BCUT2D eigenvalue weighted by atomic mass is 10.1. The minimum atomic E-state index is -5.08. The van der Waals surface area contributed by atoms with Crippen LogP contribution in [0.25, 0.3) is 20.7 Å². The van der Waals surface area contributed by atoms with Crippen LogP contribution >= 0.6 is 22.7 Å². The smallest absolute Gasteiger partial charge is 0.490 e. The number of rotatable bonds is 7. The summed E-state index contributed by atoms with van der Waals surface area (Å²) in [4.78, 5) is 21.5. The average Bonchev–Trinajstić information content (AvgIpc) is 3.48. The summed E-state index contributed by atoms with van der Waals surface area (Å²) in [5.74, 6) is -2.82. The number of hydrogen-bond acceptors (Lipinski definition) is 7. The molecule has 0 bridgehead atoms. The second-order valence-corrected chi connectivity index (χ2v) is 9.02. The van der Waals surface area contributed by atoms with Crippen molar-refractivity contribution < 1.29 is 37.7 Å². The molecule has 0 amide bonds. The fourth-order valence-corrected chi connectivity index (χ4v) is 5.10. The molecule has 3 aromatic heterocycles. The van der Waals surface area contributed by atoms with Crippen LogP contribution in [0.4, 0.5) is 13.2 Å². The molecule has 8 nitrogen and oxygen atoms in total. The monoisotopic (exact) mass is 513 g/mol. The predicted molar refractivity (Wildman–Crippen MR) is 121 cm³/mol. The molecule has 0 aliphatic rings. The molecule has 0 aliphatic heterocycles. The molecule has 13 heteroatoms. The summed E-state index contributed by atoms with van der Waals surface area (Å²) < 4.78 is 39.1. The van der Waals surface area contributed by atoms with Crippen LogP contribution in [0.3, 0.4) is 0 Å². The second-order valence-electron chi connectivity index (χ2n) is 6.77. The fourth-order valence-electron chi connectivity index (χ4n) is 2.87. The largest absolute Gasteiger partial charge is 0.497 e. The number of nitrogens with one attached hydrogen (secondary N) is 2. The molecule has 0 unspecified atom stereocenters. The van der Waals surface area contributed by atoms with Crippen molar-refractivity contribution in [3.05, 3.63) is 57.9 Å². The maximum absolute atomic E-state index is 11.0. The Labute approximate surface area is 198 Å². The van der Waals surface area contributed by atoms with Crippen molar-refractivity contribution in [2.24, 2.45) is 0 Å². The van der Waals surface area contributed by atoms with Gasteiger partial charge in [-0.25, -0.2) is 9.59 Å². The van der Waals surface area contributed by atoms with E-state index in [4.69, 9.17) is 19.7 Å². The number of carbonyl (C=O) groups is 2. The topological polar surface area (TPSA) is 125 Å². The highest BCUT2D eigenvalue weighted by atomic mass is 32.1. The van der Waals surface area contributed by atoms with Crippen molar-refractivity contribution in [2.45, 2.75) is 19.3 Å². The quantitative estimate of drug-likeness (QED) is 0.275. The Bertz CT molecular complexity index is 1260. The molecule has 3 heterocycles. The Morgan fingerprint density at radius 1 is 1.12 bits per heavy atom. The number of hydrogen-bond donors (Lipinski definition) is 4. The summed E-state index contributed by atoms with van der Waals surface area (Å²) >= 11 is 2.94. The number of carboxylic acid groups (broad SMARTS) is 2. The van der Waals surface area contributed by atoms with E-state index in [1.807, 2.05) is 30.5 Å². The first-order valence-electron chi connectivity index (χ1n) is 9.51. The number of aliphatic carboxylic acids is 1. The van der Waals surface area contributed by atoms with Gasteiger partial charge in [-0.2, -0.15) is 18.3 Å². The highest BCUT2D eigenvalue weighted by Crippen LogP contribution is 2.33. The molecule has 0 aliphatic carbocycles. The molecule has 1 aromatic carbocycles. The van der Waals surface area contributed by atoms with Crippen LogP contribution in [0.1, 0.15) is 20.1 Å². The highest BCUT2D eigenvalue weighted by Gasteiger charge is 2.38. The number of thiophene rings is 2. The Hall–Kier alpha value is -3.42. The summed E-state index contributed by atoms with van der Waals surface area (Å²) in [6, 6.07) is 11.7. The van der Waals surface area contributed by atoms with Crippen LogP contribution in [0, 0.1) is 0 Å². The van der Waals surface area contributed by atoms with Crippen molar-refractivity contribution in [1.29, 1.82) is 0 Å². The number of alkyl halides is 3. The van der Waals surface area contributed by atoms with Crippen molar-refractivity contribution in [1.82, 2.24) is 15.5 Å². The zero-order valence-corrected chi connectivity index (χ0v) is 19.1. The number of benzene rings is 1. The third kappa shape index (κ3) is 6.34. The molecule has 0 saturated heterocycles. The van der Waals surface area contributed by atoms with E-state index in [1.165, 1.54) is 16.2 Å². The first-order chi connectivity index (χ1) is 16.1. The summed E-state index contributed by atoms with van der Waals surface area (Å²) in [7, 11) is 1.65. The number of ether oxygens (including phenoxy) is 1. The minimum Gasteiger partial charge on any atom is -0.497 e. The molecule has 34 heavy (non-hydrogen) atoms. The van der Waals surface area contributed by atoms with Crippen LogP contribution in [-0.4, -0.2) is 45.6 Å². The van der Waals surface area contributed by atoms with E-state index in [0.29, 0.717) is 11.4 Å². The SMILES string of the molecule is COc1cccc(-c2[nH]ncc2CNCc2cc3sc(C(=O)O)cc3s2)c1.O=C(O)C(F)(F)F. The van der Waals surface area contributed by atoms with E-state index in [1.54, 1.807) is 24.5 Å². The molecule has 0 saturated carbocycles. The van der Waals surface area contributed by atoms with Gasteiger partial charge in [0.15, 0.2) is 0 Å². The molecule has 0 fully saturated rings. The standard InChI is InChI=1S/C19H17N3O3S2.C2HF3O2/c1-25-13-4-2-3-11(5-13)18-12(9-21-22-18)8-20-10-14-6-15-16(26-14)7-17(27-15)19(23)24;3-2(4,5)1(6)7/h2-7,9,20H,8,10H2,1H3,(H,21,22)(H,23,24);(H,6,7). The van der Waals surface area contributed by atoms with E-state index in [2.05, 4.69) is 21.6 Å². The molecule has 0 radical (unpaired) electrons. The van der Waals surface area contributed by atoms with Crippen molar-refractivity contribution in [3.63, 3.8) is 0 Å². The lowest BCUT2D eigenvalue weighted by Gasteiger charge is -2.06. The first kappa shape index (κ1) is 25.2. The number of aromatic carboxylic acids is 1. The average molecular weight is 514 g/mol. The van der Waals surface area contributed by atoms with Gasteiger partial charge in [0, 0.05) is 38.5 Å². The molecule has 180 valence electrons. The van der Waals surface area contributed by atoms with Gasteiger partial charge < -0.3 is 20.3 Å². The van der Waals surface area contributed by atoms with Gasteiger partial charge in [0.1, 0.15) is 10.6 Å². The molecule has 4 rings (SSSR count). The zero-order valence-electron chi connectivity index (χ0n) is 17.5. The van der Waals surface area contributed by atoms with Crippen LogP contribution in [-0.2, 0) is 17.9 Å². The van der Waals surface area contributed by atoms with Crippen molar-refractivity contribution >= 4 is 44.0 Å². The van der Waals surface area contributed by atoms with Crippen LogP contribution in [0.2, 0.25) is 0 Å². The molecule has 4 N–H and O–H groups in total. The maximum Gasteiger partial charge on any atom is 0.490 e. The summed E-state index contributed by atoms with van der Waals surface area (Å²) in [6.45, 7) is 1.40. The van der Waals surface area contributed by atoms with Crippen molar-refractivity contribution in [3.8, 4) is 17.0 Å². The van der Waals surface area contributed by atoms with E-state index in [0.717, 1.165) is 38.5 Å². The van der Waals surface area contributed by atoms with E-state index in [-0.39, 0.29) is 0 Å². The third-order valence-corrected chi connectivity index (χ3v) is 6.68. The van der Waals surface area contributed by atoms with Gasteiger partial charge in [-0.15, -0.1) is 22.7 Å². The van der Waals surface area contributed by atoms with E-state index >= 15 is 0 Å². The summed E-state index contributed by atoms with van der Waals surface area (Å²) in [5, 5.41) is 26.9. The van der Waals surface area contributed by atoms with Crippen LogP contribution in [0.5, 0.6) is 5.75 Å². The van der Waals surface area contributed by atoms with E-state index in [9.17, 15) is 18.0 Å². The Balaban J connectivity index is 0.000000406. The Morgan fingerprint density at radius 2 is 1.82 bits per heavy atom. The predicted octanol–water partition coefficient (Wildman–Crippen LogP) is 4.98. The highest BCUT2D eigenvalue weighted by molar-refractivity contribution is 7.28. The normalized spacial score (nSPS) is 11.2. The first-order valence-corrected chi connectivity index (χ1v) is 11.1. The fraction of sp³-hybridized carbons (Fsp3) is 0.190. The van der Waals surface area contributed by atoms with Crippen molar-refractivity contribution in [2.75, 3.05) is 7.11 Å². The Morgan fingerprint density at radius 3 is 2.44 bits per heavy atom. The zero-order chi connectivity index (χ0) is 24.9. The number of fused-ring (bicyclic) bond motifs is 1. The number of carboxylic acids is 2. The molecule has 4 aromatic rings. The van der Waals surface area contributed by atoms with Gasteiger partial charge in [-0.1, -0.05) is 12.1 Å². The van der Waals surface area contributed by atoms with E-state index < -0.39 is 18.1 Å². The second kappa shape index (κ2) is 10.7. The number of aromatic amines is 1. The number of H-pyrrole nitrogens is 1. The number of methoxy groups -OCH3 is 1. The van der Waals surface area contributed by atoms with Gasteiger partial charge in [0.25, 0.3) is 0 Å². The van der Waals surface area contributed by atoms with Crippen LogP contribution < -0.4 is 10.1 Å². The molecular formula is C21H18F3N3O5S2. The molecular weight excluding hydrogens is 495 g/mol. The van der Waals surface area contributed by atoms with Gasteiger partial charge in [0.05, 0.1) is 19.0 Å². The van der Waals surface area contributed by atoms with Crippen LogP contribution in [0.15, 0.2) is 42.6 Å². The third-order valence-electron chi connectivity index (χ3n) is 4.40. The minimum absolute atomic E-state index is 0.386. The summed E-state index contributed by atoms with van der Waals surface area (Å²) in [6.07, 6.45) is -3.26. The maximum atomic E-state index is 11.0. The molecule has 0 atom stereocenters. The summed E-state index contributed by atoms with van der Waals surface area (Å²) in [5.41, 5.74) is 3.08. The lowest BCUT2D eigenvalue weighted by molar-refractivity contribution is -0.192. The number of nitrogens with zero attached hydrogens (tertiary/aromatic N) is 1.